The third-order valence-corrected chi connectivity index (χ3v) is 6.07. The van der Waals surface area contributed by atoms with Crippen LogP contribution in [-0.4, -0.2) is 29.6 Å². The minimum absolute atomic E-state index is 0.136. The van der Waals surface area contributed by atoms with E-state index in [0.717, 1.165) is 29.3 Å². The van der Waals surface area contributed by atoms with Crippen molar-refractivity contribution < 1.29 is 19.1 Å². The summed E-state index contributed by atoms with van der Waals surface area (Å²) in [5.74, 6) is -1.24. The normalized spacial score (nSPS) is 16.7. The van der Waals surface area contributed by atoms with Gasteiger partial charge < -0.3 is 15.4 Å². The fourth-order valence-electron chi connectivity index (χ4n) is 3.10. The van der Waals surface area contributed by atoms with Crippen molar-refractivity contribution in [2.75, 3.05) is 11.9 Å². The lowest BCUT2D eigenvalue weighted by Gasteiger charge is -2.08. The summed E-state index contributed by atoms with van der Waals surface area (Å²) in [5.41, 5.74) is 2.87. The molecule has 2 aromatic rings. The summed E-state index contributed by atoms with van der Waals surface area (Å²) in [4.78, 5) is 36.8. The van der Waals surface area contributed by atoms with E-state index in [4.69, 9.17) is 4.74 Å². The summed E-state index contributed by atoms with van der Waals surface area (Å²) in [6.45, 7) is 4.08. The lowest BCUT2D eigenvalue weighted by Crippen LogP contribution is -2.25. The molecule has 1 fully saturated rings. The number of carbonyl (C=O) groups excluding carboxylic acids is 3. The van der Waals surface area contributed by atoms with E-state index < -0.39 is 17.1 Å². The van der Waals surface area contributed by atoms with Gasteiger partial charge in [-0.1, -0.05) is 43.0 Å². The lowest BCUT2D eigenvalue weighted by molar-refractivity contribution is -0.119. The number of carbonyl (C=O) groups is 3. The smallest absolute Gasteiger partial charge is 0.338 e. The maximum atomic E-state index is 12.6. The number of benzene rings is 2. The third kappa shape index (κ3) is 5.56. The highest BCUT2D eigenvalue weighted by atomic mass is 32.2. The highest BCUT2D eigenvalue weighted by Gasteiger charge is 2.33. The van der Waals surface area contributed by atoms with Crippen molar-refractivity contribution in [3.05, 3.63) is 75.8 Å². The van der Waals surface area contributed by atoms with Gasteiger partial charge in [0.2, 0.25) is 5.91 Å². The number of thioether (sulfide) groups is 1. The van der Waals surface area contributed by atoms with E-state index in [1.165, 1.54) is 0 Å². The van der Waals surface area contributed by atoms with E-state index in [1.807, 2.05) is 25.1 Å². The van der Waals surface area contributed by atoms with E-state index in [2.05, 4.69) is 10.6 Å². The number of rotatable bonds is 7. The largest absolute Gasteiger partial charge is 0.462 e. The molecule has 164 valence electrons. The predicted octanol–water partition coefficient (Wildman–Crippen LogP) is 3.57. The molecular formula is C24H23N3O4S. The molecule has 1 aliphatic rings. The SMILES string of the molecule is CCOC(=O)c1ccc(CC2SC(=C(C#N)C(=O)Nc3ccc(CC)cc3)NC2=O)cc1. The molecule has 0 spiro atoms. The van der Waals surface area contributed by atoms with Gasteiger partial charge in [0.05, 0.1) is 22.4 Å². The zero-order valence-electron chi connectivity index (χ0n) is 17.8. The Bertz CT molecular complexity index is 1090. The summed E-state index contributed by atoms with van der Waals surface area (Å²) in [6, 6.07) is 16.1. The number of hydrogen-bond acceptors (Lipinski definition) is 6. The second-order valence-corrected chi connectivity index (χ2v) is 8.25. The van der Waals surface area contributed by atoms with E-state index in [9.17, 15) is 19.6 Å². The molecule has 0 bridgehead atoms. The minimum Gasteiger partial charge on any atom is -0.462 e. The van der Waals surface area contributed by atoms with Gasteiger partial charge >= 0.3 is 5.97 Å². The molecule has 1 unspecified atom stereocenters. The summed E-state index contributed by atoms with van der Waals surface area (Å²) in [5, 5.41) is 14.6. The van der Waals surface area contributed by atoms with Crippen LogP contribution in [-0.2, 0) is 27.2 Å². The lowest BCUT2D eigenvalue weighted by atomic mass is 10.1. The van der Waals surface area contributed by atoms with Gasteiger partial charge in [-0.3, -0.25) is 9.59 Å². The van der Waals surface area contributed by atoms with E-state index in [-0.39, 0.29) is 16.5 Å². The molecule has 3 rings (SSSR count). The Kier molecular flexibility index (Phi) is 7.68. The topological polar surface area (TPSA) is 108 Å². The molecule has 1 atom stereocenters. The van der Waals surface area contributed by atoms with Crippen LogP contribution in [0, 0.1) is 11.3 Å². The Labute approximate surface area is 190 Å². The van der Waals surface area contributed by atoms with Crippen LogP contribution in [0.1, 0.15) is 35.3 Å². The van der Waals surface area contributed by atoms with E-state index in [1.54, 1.807) is 43.3 Å². The van der Waals surface area contributed by atoms with Gasteiger partial charge in [-0.2, -0.15) is 5.26 Å². The van der Waals surface area contributed by atoms with Crippen LogP contribution in [0.3, 0.4) is 0 Å². The maximum Gasteiger partial charge on any atom is 0.338 e. The molecular weight excluding hydrogens is 426 g/mol. The first kappa shape index (κ1) is 23.1. The molecule has 7 nitrogen and oxygen atoms in total. The van der Waals surface area contributed by atoms with Crippen molar-refractivity contribution in [3.63, 3.8) is 0 Å². The van der Waals surface area contributed by atoms with Crippen molar-refractivity contribution in [3.8, 4) is 6.07 Å². The number of anilines is 1. The monoisotopic (exact) mass is 449 g/mol. The third-order valence-electron chi connectivity index (χ3n) is 4.86. The van der Waals surface area contributed by atoms with E-state index >= 15 is 0 Å². The number of esters is 1. The molecule has 0 saturated carbocycles. The highest BCUT2D eigenvalue weighted by molar-refractivity contribution is 8.04. The predicted molar refractivity (Wildman–Crippen MR) is 123 cm³/mol. The van der Waals surface area contributed by atoms with Gasteiger partial charge in [0.25, 0.3) is 5.91 Å². The van der Waals surface area contributed by atoms with Gasteiger partial charge in [0.1, 0.15) is 11.6 Å². The molecule has 0 aromatic heterocycles. The minimum atomic E-state index is -0.570. The number of nitrogens with zero attached hydrogens (tertiary/aromatic N) is 1. The Morgan fingerprint density at radius 1 is 1.09 bits per heavy atom. The summed E-state index contributed by atoms with van der Waals surface area (Å²) >= 11 is 1.15. The number of hydrogen-bond donors (Lipinski definition) is 2. The van der Waals surface area contributed by atoms with Crippen LogP contribution in [0.5, 0.6) is 0 Å². The van der Waals surface area contributed by atoms with E-state index in [0.29, 0.717) is 24.3 Å². The average Bonchev–Trinajstić information content (AvgIpc) is 3.15. The standard InChI is InChI=1S/C24H23N3O4S/c1-3-15-7-11-18(12-8-15)26-21(28)19(14-25)23-27-22(29)20(32-23)13-16-5-9-17(10-6-16)24(30)31-4-2/h5-12,20H,3-4,13H2,1-2H3,(H,26,28)(H,27,29). The zero-order chi connectivity index (χ0) is 23.1. The Balaban J connectivity index is 1.68. The van der Waals surface area contributed by atoms with Crippen molar-refractivity contribution in [2.45, 2.75) is 31.9 Å². The number of amides is 2. The average molecular weight is 450 g/mol. The molecule has 1 saturated heterocycles. The first-order valence-corrected chi connectivity index (χ1v) is 11.1. The fraction of sp³-hybridized carbons (Fsp3) is 0.250. The first-order valence-electron chi connectivity index (χ1n) is 10.2. The fourth-order valence-corrected chi connectivity index (χ4v) is 4.24. The summed E-state index contributed by atoms with van der Waals surface area (Å²) in [6.07, 6.45) is 1.28. The quantitative estimate of drug-likeness (QED) is 0.380. The van der Waals surface area contributed by atoms with Crippen LogP contribution in [0.25, 0.3) is 0 Å². The van der Waals surface area contributed by atoms with Crippen LogP contribution in [0.4, 0.5) is 5.69 Å². The molecule has 2 amide bonds. The van der Waals surface area contributed by atoms with Gasteiger partial charge in [0.15, 0.2) is 0 Å². The summed E-state index contributed by atoms with van der Waals surface area (Å²) < 4.78 is 4.97. The number of ether oxygens (including phenoxy) is 1. The van der Waals surface area contributed by atoms with Gasteiger partial charge in [-0.25, -0.2) is 4.79 Å². The van der Waals surface area contributed by atoms with Gasteiger partial charge in [-0.15, -0.1) is 0 Å². The van der Waals surface area contributed by atoms with Crippen LogP contribution < -0.4 is 10.6 Å². The van der Waals surface area contributed by atoms with Crippen LogP contribution >= 0.6 is 11.8 Å². The van der Waals surface area contributed by atoms with Crippen molar-refractivity contribution in [1.29, 1.82) is 5.26 Å². The Morgan fingerprint density at radius 3 is 2.34 bits per heavy atom. The molecule has 0 aliphatic carbocycles. The molecule has 1 aliphatic heterocycles. The molecule has 2 N–H and O–H groups in total. The second kappa shape index (κ2) is 10.6. The molecule has 2 aromatic carbocycles. The van der Waals surface area contributed by atoms with Crippen LogP contribution in [0.2, 0.25) is 0 Å². The first-order chi connectivity index (χ1) is 15.4. The van der Waals surface area contributed by atoms with Crippen molar-refractivity contribution in [1.82, 2.24) is 5.32 Å². The van der Waals surface area contributed by atoms with Crippen molar-refractivity contribution >= 4 is 35.2 Å². The summed E-state index contributed by atoms with van der Waals surface area (Å²) in [7, 11) is 0. The molecule has 32 heavy (non-hydrogen) atoms. The highest BCUT2D eigenvalue weighted by Crippen LogP contribution is 2.32. The molecule has 0 radical (unpaired) electrons. The van der Waals surface area contributed by atoms with Gasteiger partial charge in [0, 0.05) is 5.69 Å². The zero-order valence-corrected chi connectivity index (χ0v) is 18.6. The second-order valence-electron chi connectivity index (χ2n) is 7.04. The molecule has 8 heteroatoms. The number of aryl methyl sites for hydroxylation is 1. The molecule has 1 heterocycles. The Hall–Kier alpha value is -3.57. The number of nitriles is 1. The number of nitrogens with one attached hydrogen (secondary N) is 2. The van der Waals surface area contributed by atoms with Crippen molar-refractivity contribution in [2.24, 2.45) is 0 Å². The Morgan fingerprint density at radius 2 is 1.75 bits per heavy atom. The maximum absolute atomic E-state index is 12.6. The van der Waals surface area contributed by atoms with Gasteiger partial charge in [-0.05, 0) is 55.2 Å². The van der Waals surface area contributed by atoms with Crippen LogP contribution in [0.15, 0.2) is 59.1 Å².